The third-order valence-electron chi connectivity index (χ3n) is 5.32. The van der Waals surface area contributed by atoms with Crippen LogP contribution in [0.1, 0.15) is 17.8 Å². The van der Waals surface area contributed by atoms with Gasteiger partial charge in [-0.2, -0.15) is 23.4 Å². The van der Waals surface area contributed by atoms with Crippen molar-refractivity contribution in [2.24, 2.45) is 7.05 Å². The number of anilines is 1. The number of hydrogen-bond donors (Lipinski definition) is 0. The molecule has 1 aliphatic heterocycles. The number of pyridine rings is 1. The van der Waals surface area contributed by atoms with Crippen LogP contribution in [0, 0.1) is 12.7 Å². The Hall–Kier alpha value is -3.57. The molecule has 0 radical (unpaired) electrons. The van der Waals surface area contributed by atoms with Gasteiger partial charge < -0.3 is 4.90 Å². The van der Waals surface area contributed by atoms with Crippen LogP contribution in [0.2, 0.25) is 0 Å². The maximum absolute atomic E-state index is 14.7. The van der Waals surface area contributed by atoms with Gasteiger partial charge in [0.1, 0.15) is 29.1 Å². The summed E-state index contributed by atoms with van der Waals surface area (Å²) in [5.41, 5.74) is 0.323. The number of hydrogen-bond acceptors (Lipinski definition) is 6. The summed E-state index contributed by atoms with van der Waals surface area (Å²) in [5, 5.41) is 8.46. The van der Waals surface area contributed by atoms with Crippen LogP contribution in [0.5, 0.6) is 0 Å². The second-order valence-corrected chi connectivity index (χ2v) is 7.27. The first-order valence-electron chi connectivity index (χ1n) is 9.46. The predicted molar refractivity (Wildman–Crippen MR) is 103 cm³/mol. The van der Waals surface area contributed by atoms with E-state index in [1.54, 1.807) is 18.5 Å². The lowest BCUT2D eigenvalue weighted by Gasteiger charge is -2.32. The first-order chi connectivity index (χ1) is 14.8. The third-order valence-corrected chi connectivity index (χ3v) is 5.32. The number of aromatic nitrogens is 7. The van der Waals surface area contributed by atoms with Crippen molar-refractivity contribution < 1.29 is 17.6 Å². The van der Waals surface area contributed by atoms with Crippen LogP contribution >= 0.6 is 0 Å². The number of aryl methyl sites for hydroxylation is 2. The lowest BCUT2D eigenvalue weighted by molar-refractivity contribution is -0.138. The third kappa shape index (κ3) is 3.01. The lowest BCUT2D eigenvalue weighted by atomic mass is 10.1. The molecule has 5 heterocycles. The Balaban J connectivity index is 1.73. The molecule has 160 valence electrons. The minimum absolute atomic E-state index is 0.213. The van der Waals surface area contributed by atoms with Crippen LogP contribution in [-0.4, -0.2) is 47.4 Å². The van der Waals surface area contributed by atoms with Gasteiger partial charge in [-0.15, -0.1) is 0 Å². The second kappa shape index (κ2) is 6.72. The molecule has 4 aromatic rings. The zero-order valence-corrected chi connectivity index (χ0v) is 16.5. The Kier molecular flexibility index (Phi) is 4.21. The van der Waals surface area contributed by atoms with Gasteiger partial charge in [-0.25, -0.2) is 18.9 Å². The SMILES string of the molecule is Cc1nc(-c2cnn(C)c2-c2ncc(C(F)(F)F)cc2F)c2c(N3CCC3)ncnn12. The molecule has 0 spiro atoms. The Bertz CT molecular complexity index is 1300. The van der Waals surface area contributed by atoms with E-state index >= 15 is 0 Å². The lowest BCUT2D eigenvalue weighted by Crippen LogP contribution is -2.38. The summed E-state index contributed by atoms with van der Waals surface area (Å²) in [4.78, 5) is 14.9. The summed E-state index contributed by atoms with van der Waals surface area (Å²) in [6.45, 7) is 3.45. The molecule has 1 saturated heterocycles. The van der Waals surface area contributed by atoms with Crippen molar-refractivity contribution in [1.29, 1.82) is 0 Å². The molecule has 4 aromatic heterocycles. The average molecular weight is 432 g/mol. The zero-order chi connectivity index (χ0) is 21.9. The van der Waals surface area contributed by atoms with Crippen LogP contribution in [0.15, 0.2) is 24.8 Å². The highest BCUT2D eigenvalue weighted by Gasteiger charge is 2.33. The molecule has 5 rings (SSSR count). The topological polar surface area (TPSA) is 77.0 Å². The number of imidazole rings is 1. The summed E-state index contributed by atoms with van der Waals surface area (Å²) in [7, 11) is 1.57. The van der Waals surface area contributed by atoms with Crippen molar-refractivity contribution in [2.75, 3.05) is 18.0 Å². The molecule has 1 aliphatic rings. The van der Waals surface area contributed by atoms with E-state index < -0.39 is 17.6 Å². The summed E-state index contributed by atoms with van der Waals surface area (Å²) in [6, 6.07) is 0.435. The first kappa shape index (κ1) is 19.4. The molecule has 0 unspecified atom stereocenters. The average Bonchev–Trinajstić information content (AvgIpc) is 3.20. The highest BCUT2D eigenvalue weighted by atomic mass is 19.4. The van der Waals surface area contributed by atoms with Gasteiger partial charge >= 0.3 is 6.18 Å². The first-order valence-corrected chi connectivity index (χ1v) is 9.46. The van der Waals surface area contributed by atoms with Crippen molar-refractivity contribution in [3.63, 3.8) is 0 Å². The maximum atomic E-state index is 14.7. The molecule has 8 nitrogen and oxygen atoms in total. The maximum Gasteiger partial charge on any atom is 0.417 e. The van der Waals surface area contributed by atoms with Crippen LogP contribution in [0.25, 0.3) is 28.2 Å². The molecule has 12 heteroatoms. The van der Waals surface area contributed by atoms with Crippen LogP contribution in [0.4, 0.5) is 23.4 Å². The smallest absolute Gasteiger partial charge is 0.355 e. The Morgan fingerprint density at radius 2 is 1.81 bits per heavy atom. The molecule has 0 bridgehead atoms. The van der Waals surface area contributed by atoms with Crippen molar-refractivity contribution in [3.05, 3.63) is 42.0 Å². The largest absolute Gasteiger partial charge is 0.417 e. The molecule has 0 atom stereocenters. The molecule has 0 amide bonds. The molecule has 0 N–H and O–H groups in total. The van der Waals surface area contributed by atoms with E-state index in [1.807, 2.05) is 0 Å². The van der Waals surface area contributed by atoms with Crippen molar-refractivity contribution in [3.8, 4) is 22.6 Å². The number of nitrogens with zero attached hydrogens (tertiary/aromatic N) is 8. The highest BCUT2D eigenvalue weighted by molar-refractivity contribution is 5.91. The van der Waals surface area contributed by atoms with E-state index in [0.717, 1.165) is 19.5 Å². The van der Waals surface area contributed by atoms with E-state index in [4.69, 9.17) is 0 Å². The Morgan fingerprint density at radius 1 is 1.03 bits per heavy atom. The summed E-state index contributed by atoms with van der Waals surface area (Å²) in [6.07, 6.45) is -0.108. The highest BCUT2D eigenvalue weighted by Crippen LogP contribution is 2.38. The van der Waals surface area contributed by atoms with Gasteiger partial charge in [0, 0.05) is 26.3 Å². The van der Waals surface area contributed by atoms with Gasteiger partial charge in [0.15, 0.2) is 11.6 Å². The van der Waals surface area contributed by atoms with E-state index in [2.05, 4.69) is 30.0 Å². The van der Waals surface area contributed by atoms with E-state index in [1.165, 1.54) is 17.2 Å². The van der Waals surface area contributed by atoms with E-state index in [9.17, 15) is 17.6 Å². The summed E-state index contributed by atoms with van der Waals surface area (Å²) in [5.74, 6) is 0.177. The minimum atomic E-state index is -4.69. The molecular formula is C19H16F4N8. The Labute approximate surface area is 173 Å². The normalized spacial score (nSPS) is 14.3. The number of rotatable bonds is 3. The summed E-state index contributed by atoms with van der Waals surface area (Å²) < 4.78 is 56.6. The van der Waals surface area contributed by atoms with Gasteiger partial charge in [-0.3, -0.25) is 9.67 Å². The number of alkyl halides is 3. The zero-order valence-electron chi connectivity index (χ0n) is 16.5. The van der Waals surface area contributed by atoms with Crippen LogP contribution < -0.4 is 4.90 Å². The van der Waals surface area contributed by atoms with Gasteiger partial charge in [0.2, 0.25) is 0 Å². The van der Waals surface area contributed by atoms with Crippen LogP contribution in [0.3, 0.4) is 0 Å². The quantitative estimate of drug-likeness (QED) is 0.463. The fraction of sp³-hybridized carbons (Fsp3) is 0.316. The Morgan fingerprint density at radius 3 is 2.45 bits per heavy atom. The molecule has 0 saturated carbocycles. The van der Waals surface area contributed by atoms with E-state index in [0.29, 0.717) is 40.7 Å². The van der Waals surface area contributed by atoms with Crippen molar-refractivity contribution in [2.45, 2.75) is 19.5 Å². The minimum Gasteiger partial charge on any atom is -0.355 e. The predicted octanol–water partition coefficient (Wildman–Crippen LogP) is 3.26. The molecule has 31 heavy (non-hydrogen) atoms. The molecule has 0 aliphatic carbocycles. The van der Waals surface area contributed by atoms with Crippen molar-refractivity contribution >= 4 is 11.3 Å². The fourth-order valence-electron chi connectivity index (χ4n) is 3.67. The standard InChI is InChI=1S/C19H16F4N8/c1-10-28-14(17-18(30-4-3-5-30)25-9-27-31(10)17)12-8-26-29(2)16(12)15-13(20)6-11(7-24-15)19(21,22)23/h6-9H,3-5H2,1-2H3. The number of halogens is 4. The van der Waals surface area contributed by atoms with Gasteiger partial charge in [0.05, 0.1) is 23.0 Å². The van der Waals surface area contributed by atoms with Gasteiger partial charge in [0.25, 0.3) is 0 Å². The number of fused-ring (bicyclic) bond motifs is 1. The van der Waals surface area contributed by atoms with Gasteiger partial charge in [-0.1, -0.05) is 0 Å². The fourth-order valence-corrected chi connectivity index (χ4v) is 3.67. The van der Waals surface area contributed by atoms with Gasteiger partial charge in [-0.05, 0) is 19.4 Å². The monoisotopic (exact) mass is 432 g/mol. The molecule has 0 aromatic carbocycles. The van der Waals surface area contributed by atoms with Crippen molar-refractivity contribution in [1.82, 2.24) is 34.3 Å². The van der Waals surface area contributed by atoms with E-state index in [-0.39, 0.29) is 11.4 Å². The van der Waals surface area contributed by atoms with Crippen LogP contribution in [-0.2, 0) is 13.2 Å². The second-order valence-electron chi connectivity index (χ2n) is 7.27. The molecular weight excluding hydrogens is 416 g/mol. The summed E-state index contributed by atoms with van der Waals surface area (Å²) >= 11 is 0. The molecule has 1 fully saturated rings.